The predicted molar refractivity (Wildman–Crippen MR) is 70.6 cm³/mol. The van der Waals surface area contributed by atoms with Crippen LogP contribution in [0.4, 0.5) is 6.01 Å². The fourth-order valence-electron chi connectivity index (χ4n) is 1.83. The summed E-state index contributed by atoms with van der Waals surface area (Å²) in [5.74, 6) is -0.534. The lowest BCUT2D eigenvalue weighted by Gasteiger charge is -2.24. The number of aromatic nitrogens is 2. The summed E-state index contributed by atoms with van der Waals surface area (Å²) in [5, 5.41) is 0. The van der Waals surface area contributed by atoms with Crippen molar-refractivity contribution in [2.75, 3.05) is 31.2 Å². The van der Waals surface area contributed by atoms with E-state index >= 15 is 0 Å². The molecule has 0 aliphatic carbocycles. The highest BCUT2D eigenvalue weighted by Crippen LogP contribution is 2.21. The molecular formula is C11H13ClN4O3. The number of amides is 1. The molecule has 0 unspecified atom stereocenters. The third-order valence-corrected chi connectivity index (χ3v) is 2.80. The number of morpholine rings is 1. The standard InChI is InChI=1S/C11H12N4O3.ClH/c12-9(16)7-5-8-10(13-6-7)14-11(18-8)15-1-3-17-4-2-15;/h5-6H,1-4H2,(H2,12,16);1H. The molecular weight excluding hydrogens is 272 g/mol. The number of carbonyl (C=O) groups is 1. The summed E-state index contributed by atoms with van der Waals surface area (Å²) in [6.45, 7) is 2.77. The van der Waals surface area contributed by atoms with Crippen LogP contribution in [0.2, 0.25) is 0 Å². The average Bonchev–Trinajstić information content (AvgIpc) is 2.82. The zero-order valence-electron chi connectivity index (χ0n) is 10.0. The van der Waals surface area contributed by atoms with E-state index in [9.17, 15) is 4.79 Å². The number of hydrogen-bond acceptors (Lipinski definition) is 6. The second kappa shape index (κ2) is 5.41. The highest BCUT2D eigenvalue weighted by Gasteiger charge is 2.18. The van der Waals surface area contributed by atoms with Crippen molar-refractivity contribution in [3.63, 3.8) is 0 Å². The number of oxazole rings is 1. The second-order valence-corrected chi connectivity index (χ2v) is 4.01. The first-order chi connectivity index (χ1) is 8.74. The maximum atomic E-state index is 11.0. The van der Waals surface area contributed by atoms with Crippen LogP contribution in [-0.4, -0.2) is 42.2 Å². The quantitative estimate of drug-likeness (QED) is 0.867. The largest absolute Gasteiger partial charge is 0.422 e. The fourth-order valence-corrected chi connectivity index (χ4v) is 1.83. The van der Waals surface area contributed by atoms with Crippen molar-refractivity contribution in [3.05, 3.63) is 17.8 Å². The average molecular weight is 285 g/mol. The van der Waals surface area contributed by atoms with Gasteiger partial charge in [-0.2, -0.15) is 4.98 Å². The van der Waals surface area contributed by atoms with Crippen molar-refractivity contribution < 1.29 is 13.9 Å². The molecule has 0 atom stereocenters. The van der Waals surface area contributed by atoms with E-state index in [1.54, 1.807) is 6.07 Å². The molecule has 2 N–H and O–H groups in total. The molecule has 3 heterocycles. The van der Waals surface area contributed by atoms with E-state index in [4.69, 9.17) is 14.9 Å². The minimum absolute atomic E-state index is 0. The van der Waals surface area contributed by atoms with E-state index in [0.717, 1.165) is 13.1 Å². The van der Waals surface area contributed by atoms with Gasteiger partial charge in [-0.05, 0) is 6.07 Å². The molecule has 7 nitrogen and oxygen atoms in total. The van der Waals surface area contributed by atoms with Crippen LogP contribution in [0.15, 0.2) is 16.7 Å². The van der Waals surface area contributed by atoms with Gasteiger partial charge in [0.05, 0.1) is 18.8 Å². The maximum absolute atomic E-state index is 11.0. The molecule has 0 bridgehead atoms. The number of hydrogen-bond donors (Lipinski definition) is 1. The zero-order chi connectivity index (χ0) is 12.5. The Bertz CT molecular complexity index is 595. The van der Waals surface area contributed by atoms with Crippen molar-refractivity contribution in [3.8, 4) is 0 Å². The number of nitrogens with zero attached hydrogens (tertiary/aromatic N) is 3. The summed E-state index contributed by atoms with van der Waals surface area (Å²) in [6.07, 6.45) is 1.40. The van der Waals surface area contributed by atoms with Gasteiger partial charge in [0.1, 0.15) is 0 Å². The Kier molecular flexibility index (Phi) is 3.87. The molecule has 8 heteroatoms. The van der Waals surface area contributed by atoms with Gasteiger partial charge in [-0.25, -0.2) is 4.98 Å². The van der Waals surface area contributed by atoms with Crippen LogP contribution >= 0.6 is 12.4 Å². The Hall–Kier alpha value is -1.86. The monoisotopic (exact) mass is 284 g/mol. The van der Waals surface area contributed by atoms with Gasteiger partial charge in [-0.3, -0.25) is 4.79 Å². The van der Waals surface area contributed by atoms with Crippen molar-refractivity contribution in [1.29, 1.82) is 0 Å². The smallest absolute Gasteiger partial charge is 0.300 e. The first kappa shape index (κ1) is 13.6. The molecule has 102 valence electrons. The van der Waals surface area contributed by atoms with Gasteiger partial charge >= 0.3 is 0 Å². The van der Waals surface area contributed by atoms with Crippen molar-refractivity contribution in [2.24, 2.45) is 5.73 Å². The highest BCUT2D eigenvalue weighted by molar-refractivity contribution is 5.94. The van der Waals surface area contributed by atoms with Crippen LogP contribution in [-0.2, 0) is 4.74 Å². The van der Waals surface area contributed by atoms with Crippen molar-refractivity contribution >= 4 is 35.6 Å². The molecule has 1 amide bonds. The number of ether oxygens (including phenoxy) is 1. The van der Waals surface area contributed by atoms with Gasteiger partial charge < -0.3 is 19.8 Å². The Labute approximate surface area is 115 Å². The molecule has 0 radical (unpaired) electrons. The van der Waals surface area contributed by atoms with Gasteiger partial charge in [0.15, 0.2) is 5.58 Å². The minimum atomic E-state index is -0.534. The van der Waals surface area contributed by atoms with Crippen LogP contribution in [0, 0.1) is 0 Å². The van der Waals surface area contributed by atoms with Gasteiger partial charge in [0, 0.05) is 19.3 Å². The van der Waals surface area contributed by atoms with Crippen LogP contribution in [0.5, 0.6) is 0 Å². The highest BCUT2D eigenvalue weighted by atomic mass is 35.5. The van der Waals surface area contributed by atoms with Crippen LogP contribution in [0.25, 0.3) is 11.2 Å². The molecule has 0 aromatic carbocycles. The minimum Gasteiger partial charge on any atom is -0.422 e. The molecule has 0 saturated carbocycles. The summed E-state index contributed by atoms with van der Waals surface area (Å²) in [5.41, 5.74) is 6.44. The number of primary amides is 1. The van der Waals surface area contributed by atoms with E-state index < -0.39 is 5.91 Å². The van der Waals surface area contributed by atoms with E-state index in [1.165, 1.54) is 6.20 Å². The summed E-state index contributed by atoms with van der Waals surface area (Å²) >= 11 is 0. The molecule has 0 spiro atoms. The van der Waals surface area contributed by atoms with Gasteiger partial charge in [-0.15, -0.1) is 12.4 Å². The molecule has 19 heavy (non-hydrogen) atoms. The number of carbonyl (C=O) groups excluding carboxylic acids is 1. The molecule has 3 rings (SSSR count). The van der Waals surface area contributed by atoms with E-state index in [1.807, 2.05) is 4.90 Å². The molecule has 1 aliphatic rings. The Balaban J connectivity index is 0.00000133. The first-order valence-electron chi connectivity index (χ1n) is 5.63. The Morgan fingerprint density at radius 3 is 2.79 bits per heavy atom. The topological polar surface area (TPSA) is 94.5 Å². The normalized spacial score (nSPS) is 15.3. The molecule has 1 aliphatic heterocycles. The van der Waals surface area contributed by atoms with E-state index in [-0.39, 0.29) is 12.4 Å². The number of rotatable bonds is 2. The molecule has 2 aromatic rings. The van der Waals surface area contributed by atoms with Crippen LogP contribution in [0.3, 0.4) is 0 Å². The Morgan fingerprint density at radius 1 is 1.37 bits per heavy atom. The lowest BCUT2D eigenvalue weighted by atomic mass is 10.3. The van der Waals surface area contributed by atoms with Crippen molar-refractivity contribution in [2.45, 2.75) is 0 Å². The number of fused-ring (bicyclic) bond motifs is 1. The number of halogens is 1. The number of pyridine rings is 1. The molecule has 1 fully saturated rings. The van der Waals surface area contributed by atoms with Crippen LogP contribution in [0.1, 0.15) is 10.4 Å². The predicted octanol–water partition coefficient (Wildman–Crippen LogP) is 0.580. The molecule has 2 aromatic heterocycles. The lowest BCUT2D eigenvalue weighted by Crippen LogP contribution is -2.36. The third kappa shape index (κ3) is 2.61. The molecule has 1 saturated heterocycles. The van der Waals surface area contributed by atoms with Gasteiger partial charge in [-0.1, -0.05) is 0 Å². The first-order valence-corrected chi connectivity index (χ1v) is 5.63. The van der Waals surface area contributed by atoms with E-state index in [2.05, 4.69) is 9.97 Å². The summed E-state index contributed by atoms with van der Waals surface area (Å²) in [7, 11) is 0. The van der Waals surface area contributed by atoms with Crippen molar-refractivity contribution in [1.82, 2.24) is 9.97 Å². The number of nitrogens with two attached hydrogens (primary N) is 1. The maximum Gasteiger partial charge on any atom is 0.300 e. The summed E-state index contributed by atoms with van der Waals surface area (Å²) in [6, 6.07) is 2.06. The third-order valence-electron chi connectivity index (χ3n) is 2.80. The fraction of sp³-hybridized carbons (Fsp3) is 0.364. The Morgan fingerprint density at radius 2 is 2.11 bits per heavy atom. The van der Waals surface area contributed by atoms with Crippen LogP contribution < -0.4 is 10.6 Å². The summed E-state index contributed by atoms with van der Waals surface area (Å²) in [4.78, 5) is 21.4. The number of anilines is 1. The van der Waals surface area contributed by atoms with Gasteiger partial charge in [0.25, 0.3) is 6.01 Å². The van der Waals surface area contributed by atoms with E-state index in [0.29, 0.717) is 36.0 Å². The lowest BCUT2D eigenvalue weighted by molar-refractivity contribution is 0.1000. The van der Waals surface area contributed by atoms with Gasteiger partial charge in [0.2, 0.25) is 11.6 Å². The second-order valence-electron chi connectivity index (χ2n) is 4.01. The summed E-state index contributed by atoms with van der Waals surface area (Å²) < 4.78 is 10.8. The zero-order valence-corrected chi connectivity index (χ0v) is 10.9. The SMILES string of the molecule is Cl.NC(=O)c1cnc2nc(N3CCOCC3)oc2c1.